The first kappa shape index (κ1) is 15.7. The summed E-state index contributed by atoms with van der Waals surface area (Å²) >= 11 is 0. The predicted molar refractivity (Wildman–Crippen MR) is 75.7 cm³/mol. The molecule has 2 heterocycles. The first-order valence-electron chi connectivity index (χ1n) is 7.25. The van der Waals surface area contributed by atoms with E-state index in [2.05, 4.69) is 5.32 Å². The van der Waals surface area contributed by atoms with Crippen LogP contribution in [0, 0.1) is 5.92 Å². The van der Waals surface area contributed by atoms with E-state index < -0.39 is 10.0 Å². The molecule has 116 valence electrons. The summed E-state index contributed by atoms with van der Waals surface area (Å²) in [6, 6.07) is -0.0152. The number of nitrogens with zero attached hydrogens (tertiary/aromatic N) is 1. The normalized spacial score (nSPS) is 30.1. The van der Waals surface area contributed by atoms with Crippen molar-refractivity contribution in [2.75, 3.05) is 26.0 Å². The molecule has 0 saturated carbocycles. The number of nitrogens with one attached hydrogen (secondary N) is 1. The second-order valence-electron chi connectivity index (χ2n) is 5.81. The third kappa shape index (κ3) is 3.93. The molecule has 1 N–H and O–H groups in total. The minimum atomic E-state index is -3.21. The maximum absolute atomic E-state index is 12.2. The summed E-state index contributed by atoms with van der Waals surface area (Å²) in [6.45, 7) is 3.52. The van der Waals surface area contributed by atoms with Crippen molar-refractivity contribution in [1.82, 2.24) is 9.62 Å². The van der Waals surface area contributed by atoms with Crippen molar-refractivity contribution in [2.24, 2.45) is 5.92 Å². The number of rotatable bonds is 4. The fourth-order valence-corrected chi connectivity index (χ4v) is 3.80. The summed E-state index contributed by atoms with van der Waals surface area (Å²) in [6.07, 6.45) is 4.78. The van der Waals surface area contributed by atoms with Crippen LogP contribution in [0.2, 0.25) is 0 Å². The van der Waals surface area contributed by atoms with Crippen LogP contribution in [0.5, 0.6) is 0 Å². The van der Waals surface area contributed by atoms with Gasteiger partial charge in [-0.15, -0.1) is 0 Å². The lowest BCUT2D eigenvalue weighted by molar-refractivity contribution is -0.127. The van der Waals surface area contributed by atoms with Gasteiger partial charge in [-0.05, 0) is 32.6 Å². The van der Waals surface area contributed by atoms with Crippen LogP contribution in [-0.2, 0) is 19.6 Å². The summed E-state index contributed by atoms with van der Waals surface area (Å²) in [5.41, 5.74) is 0. The quantitative estimate of drug-likeness (QED) is 0.813. The van der Waals surface area contributed by atoms with Crippen molar-refractivity contribution in [3.05, 3.63) is 0 Å². The molecule has 7 heteroatoms. The second kappa shape index (κ2) is 6.41. The fourth-order valence-electron chi connectivity index (χ4n) is 2.89. The fraction of sp³-hybridized carbons (Fsp3) is 0.923. The van der Waals surface area contributed by atoms with E-state index in [-0.39, 0.29) is 24.0 Å². The van der Waals surface area contributed by atoms with E-state index in [1.54, 1.807) is 0 Å². The van der Waals surface area contributed by atoms with E-state index in [9.17, 15) is 13.2 Å². The number of ether oxygens (including phenoxy) is 1. The number of amides is 1. The highest BCUT2D eigenvalue weighted by atomic mass is 32.2. The Hall–Kier alpha value is -0.660. The molecule has 2 fully saturated rings. The minimum absolute atomic E-state index is 0.0152. The van der Waals surface area contributed by atoms with Gasteiger partial charge >= 0.3 is 0 Å². The third-order valence-electron chi connectivity index (χ3n) is 4.12. The molecule has 20 heavy (non-hydrogen) atoms. The molecule has 0 spiro atoms. The minimum Gasteiger partial charge on any atom is -0.376 e. The van der Waals surface area contributed by atoms with Gasteiger partial charge in [0.1, 0.15) is 0 Å². The SMILES string of the molecule is C[C@H](NC(=O)[C@H]1CCCN(S(C)(=O)=O)C1)[C@H]1CCCO1. The lowest BCUT2D eigenvalue weighted by Gasteiger charge is -2.31. The van der Waals surface area contributed by atoms with Crippen LogP contribution in [0.15, 0.2) is 0 Å². The van der Waals surface area contributed by atoms with Crippen molar-refractivity contribution in [1.29, 1.82) is 0 Å². The van der Waals surface area contributed by atoms with Crippen LogP contribution in [-0.4, -0.2) is 56.7 Å². The molecule has 0 aromatic carbocycles. The average molecular weight is 304 g/mol. The van der Waals surface area contributed by atoms with Crippen molar-refractivity contribution in [3.63, 3.8) is 0 Å². The first-order valence-corrected chi connectivity index (χ1v) is 9.10. The van der Waals surface area contributed by atoms with Crippen LogP contribution in [0.4, 0.5) is 0 Å². The van der Waals surface area contributed by atoms with Crippen LogP contribution < -0.4 is 5.32 Å². The lowest BCUT2D eigenvalue weighted by atomic mass is 9.98. The van der Waals surface area contributed by atoms with Gasteiger partial charge in [0.2, 0.25) is 15.9 Å². The molecule has 0 aliphatic carbocycles. The largest absolute Gasteiger partial charge is 0.376 e. The van der Waals surface area contributed by atoms with Crippen molar-refractivity contribution < 1.29 is 17.9 Å². The van der Waals surface area contributed by atoms with Gasteiger partial charge in [-0.1, -0.05) is 0 Å². The molecular weight excluding hydrogens is 280 g/mol. The standard InChI is InChI=1S/C13H24N2O4S/c1-10(12-6-4-8-19-12)14-13(16)11-5-3-7-15(9-11)20(2,17)18/h10-12H,3-9H2,1-2H3,(H,14,16)/t10-,11-,12+/m0/s1. The van der Waals surface area contributed by atoms with Crippen LogP contribution in [0.25, 0.3) is 0 Å². The summed E-state index contributed by atoms with van der Waals surface area (Å²) in [5, 5.41) is 2.98. The summed E-state index contributed by atoms with van der Waals surface area (Å²) in [4.78, 5) is 12.2. The van der Waals surface area contributed by atoms with E-state index >= 15 is 0 Å². The Bertz CT molecular complexity index is 445. The molecule has 0 aromatic rings. The highest BCUT2D eigenvalue weighted by molar-refractivity contribution is 7.88. The van der Waals surface area contributed by atoms with Crippen molar-refractivity contribution in [3.8, 4) is 0 Å². The molecule has 0 bridgehead atoms. The van der Waals surface area contributed by atoms with Gasteiger partial charge in [-0.3, -0.25) is 4.79 Å². The summed E-state index contributed by atoms with van der Waals surface area (Å²) in [7, 11) is -3.21. The Morgan fingerprint density at radius 3 is 2.70 bits per heavy atom. The Morgan fingerprint density at radius 2 is 2.10 bits per heavy atom. The predicted octanol–water partition coefficient (Wildman–Crippen LogP) is 0.342. The molecule has 2 rings (SSSR count). The van der Waals surface area contributed by atoms with Crippen LogP contribution >= 0.6 is 0 Å². The molecule has 0 radical (unpaired) electrons. The highest BCUT2D eigenvalue weighted by Gasteiger charge is 2.32. The number of hydrogen-bond donors (Lipinski definition) is 1. The van der Waals surface area contributed by atoms with Gasteiger partial charge in [0, 0.05) is 19.7 Å². The van der Waals surface area contributed by atoms with Crippen LogP contribution in [0.1, 0.15) is 32.6 Å². The van der Waals surface area contributed by atoms with Gasteiger partial charge in [-0.25, -0.2) is 12.7 Å². The highest BCUT2D eigenvalue weighted by Crippen LogP contribution is 2.20. The molecule has 2 aliphatic heterocycles. The summed E-state index contributed by atoms with van der Waals surface area (Å²) < 4.78 is 30.1. The number of carbonyl (C=O) groups excluding carboxylic acids is 1. The van der Waals surface area contributed by atoms with Gasteiger partial charge in [0.15, 0.2) is 0 Å². The van der Waals surface area contributed by atoms with Crippen LogP contribution in [0.3, 0.4) is 0 Å². The van der Waals surface area contributed by atoms with E-state index in [4.69, 9.17) is 4.74 Å². The number of carbonyl (C=O) groups is 1. The number of piperidine rings is 1. The Morgan fingerprint density at radius 1 is 1.35 bits per heavy atom. The second-order valence-corrected chi connectivity index (χ2v) is 7.79. The average Bonchev–Trinajstić information content (AvgIpc) is 2.91. The lowest BCUT2D eigenvalue weighted by Crippen LogP contribution is -2.49. The molecule has 0 unspecified atom stereocenters. The molecule has 6 nitrogen and oxygen atoms in total. The Kier molecular flexibility index (Phi) is 5.04. The van der Waals surface area contributed by atoms with E-state index in [0.717, 1.165) is 32.3 Å². The van der Waals surface area contributed by atoms with Gasteiger partial charge in [0.05, 0.1) is 24.3 Å². The monoisotopic (exact) mass is 304 g/mol. The molecule has 2 saturated heterocycles. The number of hydrogen-bond acceptors (Lipinski definition) is 4. The zero-order valence-electron chi connectivity index (χ0n) is 12.2. The zero-order chi connectivity index (χ0) is 14.8. The maximum atomic E-state index is 12.2. The van der Waals surface area contributed by atoms with E-state index in [1.807, 2.05) is 6.92 Å². The van der Waals surface area contributed by atoms with Gasteiger partial charge in [-0.2, -0.15) is 0 Å². The first-order chi connectivity index (χ1) is 9.38. The molecular formula is C13H24N2O4S. The van der Waals surface area contributed by atoms with E-state index in [0.29, 0.717) is 13.1 Å². The van der Waals surface area contributed by atoms with Crippen molar-refractivity contribution >= 4 is 15.9 Å². The summed E-state index contributed by atoms with van der Waals surface area (Å²) in [5.74, 6) is -0.302. The topological polar surface area (TPSA) is 75.7 Å². The third-order valence-corrected chi connectivity index (χ3v) is 5.39. The Labute approximate surface area is 120 Å². The zero-order valence-corrected chi connectivity index (χ0v) is 13.0. The number of sulfonamides is 1. The van der Waals surface area contributed by atoms with Gasteiger partial charge < -0.3 is 10.1 Å². The van der Waals surface area contributed by atoms with Crippen molar-refractivity contribution in [2.45, 2.75) is 44.8 Å². The Balaban J connectivity index is 1.88. The smallest absolute Gasteiger partial charge is 0.224 e. The molecule has 3 atom stereocenters. The molecule has 2 aliphatic rings. The molecule has 1 amide bonds. The van der Waals surface area contributed by atoms with E-state index in [1.165, 1.54) is 10.6 Å². The van der Waals surface area contributed by atoms with Gasteiger partial charge in [0.25, 0.3) is 0 Å². The molecule has 0 aromatic heterocycles. The maximum Gasteiger partial charge on any atom is 0.224 e.